The van der Waals surface area contributed by atoms with Gasteiger partial charge in [0.2, 0.25) is 0 Å². The second-order valence-electron chi connectivity index (χ2n) is 6.08. The van der Waals surface area contributed by atoms with Crippen molar-refractivity contribution in [1.29, 1.82) is 0 Å². The minimum Gasteiger partial charge on any atom is -0.507 e. The van der Waals surface area contributed by atoms with E-state index in [9.17, 15) is 9.90 Å². The molecule has 1 N–H and O–H groups in total. The van der Waals surface area contributed by atoms with Gasteiger partial charge in [0, 0.05) is 31.0 Å². The Morgan fingerprint density at radius 2 is 1.83 bits per heavy atom. The van der Waals surface area contributed by atoms with Gasteiger partial charge in [-0.25, -0.2) is 0 Å². The molecule has 0 atom stereocenters. The third-order valence-corrected chi connectivity index (χ3v) is 4.48. The van der Waals surface area contributed by atoms with Gasteiger partial charge in [-0.05, 0) is 48.9 Å². The first-order chi connectivity index (χ1) is 11.5. The summed E-state index contributed by atoms with van der Waals surface area (Å²) >= 11 is 5.87. The zero-order valence-electron chi connectivity index (χ0n) is 13.5. The Labute approximate surface area is 146 Å². The Morgan fingerprint density at radius 1 is 1.17 bits per heavy atom. The average molecular weight is 346 g/mol. The van der Waals surface area contributed by atoms with Crippen LogP contribution in [0.2, 0.25) is 5.02 Å². The van der Waals surface area contributed by atoms with E-state index in [1.165, 1.54) is 0 Å². The summed E-state index contributed by atoms with van der Waals surface area (Å²) < 4.78 is 5.94. The summed E-state index contributed by atoms with van der Waals surface area (Å²) in [6.07, 6.45) is 1.61. The summed E-state index contributed by atoms with van der Waals surface area (Å²) in [4.78, 5) is 14.3. The molecule has 1 saturated heterocycles. The van der Waals surface area contributed by atoms with E-state index in [1.807, 2.05) is 25.1 Å². The normalized spacial score (nSPS) is 15.3. The van der Waals surface area contributed by atoms with Crippen molar-refractivity contribution in [1.82, 2.24) is 4.90 Å². The number of phenols is 1. The predicted octanol–water partition coefficient (Wildman–Crippen LogP) is 4.04. The number of halogens is 1. The number of rotatable bonds is 3. The van der Waals surface area contributed by atoms with E-state index in [-0.39, 0.29) is 17.8 Å². The van der Waals surface area contributed by atoms with E-state index in [0.29, 0.717) is 23.7 Å². The fourth-order valence-electron chi connectivity index (χ4n) is 2.88. The Bertz CT molecular complexity index is 722. The molecule has 24 heavy (non-hydrogen) atoms. The molecule has 1 aliphatic rings. The predicted molar refractivity (Wildman–Crippen MR) is 93.8 cm³/mol. The summed E-state index contributed by atoms with van der Waals surface area (Å²) in [7, 11) is 0. The molecule has 1 amide bonds. The van der Waals surface area contributed by atoms with E-state index in [1.54, 1.807) is 29.2 Å². The van der Waals surface area contributed by atoms with Gasteiger partial charge in [0.25, 0.3) is 5.91 Å². The molecule has 0 unspecified atom stereocenters. The van der Waals surface area contributed by atoms with Crippen molar-refractivity contribution in [2.75, 3.05) is 13.1 Å². The number of nitrogens with zero attached hydrogens (tertiary/aromatic N) is 1. The van der Waals surface area contributed by atoms with Gasteiger partial charge < -0.3 is 14.7 Å². The maximum absolute atomic E-state index is 12.5. The minimum absolute atomic E-state index is 0.0412. The van der Waals surface area contributed by atoms with Gasteiger partial charge in [-0.15, -0.1) is 0 Å². The Morgan fingerprint density at radius 3 is 2.46 bits per heavy atom. The SMILES string of the molecule is Cc1ccc(C(=O)N2CCC(Oc3ccc(Cl)cc3)CC2)c(O)c1. The first-order valence-electron chi connectivity index (χ1n) is 8.04. The molecule has 0 saturated carbocycles. The van der Waals surface area contributed by atoms with Crippen LogP contribution in [0.5, 0.6) is 11.5 Å². The molecule has 0 radical (unpaired) electrons. The van der Waals surface area contributed by atoms with Crippen LogP contribution in [0.4, 0.5) is 0 Å². The molecule has 126 valence electrons. The van der Waals surface area contributed by atoms with Crippen molar-refractivity contribution in [3.05, 3.63) is 58.6 Å². The summed E-state index contributed by atoms with van der Waals surface area (Å²) in [5.41, 5.74) is 1.29. The molecule has 2 aromatic rings. The lowest BCUT2D eigenvalue weighted by molar-refractivity contribution is 0.0593. The number of ether oxygens (including phenoxy) is 1. The van der Waals surface area contributed by atoms with Gasteiger partial charge in [-0.2, -0.15) is 0 Å². The zero-order valence-corrected chi connectivity index (χ0v) is 14.3. The molecule has 0 spiro atoms. The maximum atomic E-state index is 12.5. The molecule has 0 aliphatic carbocycles. The molecular weight excluding hydrogens is 326 g/mol. The number of aryl methyl sites for hydroxylation is 1. The van der Waals surface area contributed by atoms with Crippen molar-refractivity contribution in [3.63, 3.8) is 0 Å². The van der Waals surface area contributed by atoms with Gasteiger partial charge in [-0.1, -0.05) is 17.7 Å². The number of aromatic hydroxyl groups is 1. The molecule has 1 aliphatic heterocycles. The number of amides is 1. The van der Waals surface area contributed by atoms with Gasteiger partial charge in [-0.3, -0.25) is 4.79 Å². The lowest BCUT2D eigenvalue weighted by Gasteiger charge is -2.32. The first-order valence-corrected chi connectivity index (χ1v) is 8.42. The molecule has 3 rings (SSSR count). The van der Waals surface area contributed by atoms with Crippen LogP contribution in [0, 0.1) is 6.92 Å². The quantitative estimate of drug-likeness (QED) is 0.913. The van der Waals surface area contributed by atoms with E-state index in [4.69, 9.17) is 16.3 Å². The Hall–Kier alpha value is -2.20. The first kappa shape index (κ1) is 16.7. The van der Waals surface area contributed by atoms with Crippen molar-refractivity contribution in [2.24, 2.45) is 0 Å². The lowest BCUT2D eigenvalue weighted by Crippen LogP contribution is -2.41. The van der Waals surface area contributed by atoms with Crippen LogP contribution in [0.25, 0.3) is 0 Å². The van der Waals surface area contributed by atoms with E-state index in [2.05, 4.69) is 0 Å². The standard InChI is InChI=1S/C19H20ClNO3/c1-13-2-7-17(18(22)12-13)19(23)21-10-8-16(9-11-21)24-15-5-3-14(20)4-6-15/h2-7,12,16,22H,8-11H2,1H3. The number of piperidine rings is 1. The highest BCUT2D eigenvalue weighted by atomic mass is 35.5. The van der Waals surface area contributed by atoms with Crippen LogP contribution in [0.3, 0.4) is 0 Å². The number of likely N-dealkylation sites (tertiary alicyclic amines) is 1. The molecular formula is C19H20ClNO3. The maximum Gasteiger partial charge on any atom is 0.257 e. The lowest BCUT2D eigenvalue weighted by atomic mass is 10.0. The fraction of sp³-hybridized carbons (Fsp3) is 0.316. The van der Waals surface area contributed by atoms with Crippen LogP contribution in [0.1, 0.15) is 28.8 Å². The summed E-state index contributed by atoms with van der Waals surface area (Å²) in [5, 5.41) is 10.7. The second kappa shape index (κ2) is 7.14. The topological polar surface area (TPSA) is 49.8 Å². The summed E-state index contributed by atoms with van der Waals surface area (Å²) in [6, 6.07) is 12.4. The van der Waals surface area contributed by atoms with Crippen molar-refractivity contribution in [3.8, 4) is 11.5 Å². The van der Waals surface area contributed by atoms with Crippen molar-refractivity contribution < 1.29 is 14.6 Å². The van der Waals surface area contributed by atoms with E-state index >= 15 is 0 Å². The summed E-state index contributed by atoms with van der Waals surface area (Å²) in [6.45, 7) is 3.11. The minimum atomic E-state index is -0.127. The number of carbonyl (C=O) groups is 1. The highest BCUT2D eigenvalue weighted by Gasteiger charge is 2.26. The number of phenolic OH excluding ortho intramolecular Hbond substituents is 1. The Kier molecular flexibility index (Phi) is 4.95. The van der Waals surface area contributed by atoms with Gasteiger partial charge >= 0.3 is 0 Å². The van der Waals surface area contributed by atoms with Crippen LogP contribution in [0.15, 0.2) is 42.5 Å². The molecule has 1 heterocycles. The largest absolute Gasteiger partial charge is 0.507 e. The van der Waals surface area contributed by atoms with Crippen LogP contribution in [-0.4, -0.2) is 35.1 Å². The van der Waals surface area contributed by atoms with Crippen LogP contribution >= 0.6 is 11.6 Å². The smallest absolute Gasteiger partial charge is 0.257 e. The van der Waals surface area contributed by atoms with E-state index in [0.717, 1.165) is 24.2 Å². The average Bonchev–Trinajstić information content (AvgIpc) is 2.57. The third-order valence-electron chi connectivity index (χ3n) is 4.23. The fourth-order valence-corrected chi connectivity index (χ4v) is 3.00. The molecule has 2 aromatic carbocycles. The van der Waals surface area contributed by atoms with Gasteiger partial charge in [0.1, 0.15) is 17.6 Å². The highest BCUT2D eigenvalue weighted by Crippen LogP contribution is 2.24. The van der Waals surface area contributed by atoms with E-state index < -0.39 is 0 Å². The molecule has 4 nitrogen and oxygen atoms in total. The third kappa shape index (κ3) is 3.82. The van der Waals surface area contributed by atoms with Gasteiger partial charge in [0.15, 0.2) is 0 Å². The van der Waals surface area contributed by atoms with Crippen LogP contribution in [-0.2, 0) is 0 Å². The van der Waals surface area contributed by atoms with Crippen LogP contribution < -0.4 is 4.74 Å². The highest BCUT2D eigenvalue weighted by molar-refractivity contribution is 6.30. The van der Waals surface area contributed by atoms with Gasteiger partial charge in [0.05, 0.1) is 5.56 Å². The number of hydrogen-bond donors (Lipinski definition) is 1. The second-order valence-corrected chi connectivity index (χ2v) is 6.52. The number of carbonyl (C=O) groups excluding carboxylic acids is 1. The number of benzene rings is 2. The molecule has 0 bridgehead atoms. The molecule has 1 fully saturated rings. The Balaban J connectivity index is 1.58. The molecule has 0 aromatic heterocycles. The van der Waals surface area contributed by atoms with Crippen molar-refractivity contribution >= 4 is 17.5 Å². The monoisotopic (exact) mass is 345 g/mol. The zero-order chi connectivity index (χ0) is 17.1. The molecule has 5 heteroatoms. The van der Waals surface area contributed by atoms with Crippen molar-refractivity contribution in [2.45, 2.75) is 25.9 Å². The summed E-state index contributed by atoms with van der Waals surface area (Å²) in [5.74, 6) is 0.706. The number of hydrogen-bond acceptors (Lipinski definition) is 3.